The summed E-state index contributed by atoms with van der Waals surface area (Å²) in [6, 6.07) is 7.84. The quantitative estimate of drug-likeness (QED) is 0.735. The molecule has 1 aliphatic carbocycles. The Hall–Kier alpha value is -2.76. The highest BCUT2D eigenvalue weighted by Gasteiger charge is 2.29. The molecule has 25 heavy (non-hydrogen) atoms. The largest absolute Gasteiger partial charge is 0.496 e. The van der Waals surface area contributed by atoms with Crippen LogP contribution in [0.3, 0.4) is 0 Å². The molecule has 0 saturated carbocycles. The number of fused-ring (bicyclic) bond motifs is 3. The van der Waals surface area contributed by atoms with Gasteiger partial charge >= 0.3 is 0 Å². The average Bonchev–Trinajstić information content (AvgIpc) is 3.00. The monoisotopic (exact) mass is 336 g/mol. The Labute approximate surface area is 145 Å². The molecule has 6 nitrogen and oxygen atoms in total. The van der Waals surface area contributed by atoms with E-state index in [4.69, 9.17) is 9.84 Å². The molecule has 1 atom stereocenters. The molecule has 0 aliphatic heterocycles. The molecule has 0 amide bonds. The van der Waals surface area contributed by atoms with E-state index in [9.17, 15) is 4.79 Å². The fourth-order valence-electron chi connectivity index (χ4n) is 3.58. The van der Waals surface area contributed by atoms with Gasteiger partial charge in [0.15, 0.2) is 17.1 Å². The molecule has 128 valence electrons. The van der Waals surface area contributed by atoms with Gasteiger partial charge in [-0.2, -0.15) is 5.10 Å². The maximum absolute atomic E-state index is 12.3. The van der Waals surface area contributed by atoms with Gasteiger partial charge in [-0.15, -0.1) is 10.2 Å². The molecular weight excluding hydrogens is 316 g/mol. The highest BCUT2D eigenvalue weighted by molar-refractivity contribution is 5.96. The number of aromatic nitrogens is 4. The van der Waals surface area contributed by atoms with Gasteiger partial charge < -0.3 is 4.74 Å². The van der Waals surface area contributed by atoms with Crippen LogP contribution >= 0.6 is 0 Å². The fraction of sp³-hybridized carbons (Fsp3) is 0.368. The zero-order chi connectivity index (χ0) is 17.6. The number of carbonyl (C=O) groups excluding carboxylic acids is 1. The van der Waals surface area contributed by atoms with Gasteiger partial charge in [0.05, 0.1) is 24.1 Å². The summed E-state index contributed by atoms with van der Waals surface area (Å²) in [6.07, 6.45) is 2.06. The van der Waals surface area contributed by atoms with Crippen LogP contribution in [-0.2, 0) is 12.8 Å². The normalized spacial score (nSPS) is 16.9. The molecule has 2 heterocycles. The number of para-hydroxylation sites is 1. The summed E-state index contributed by atoms with van der Waals surface area (Å²) in [6.45, 7) is 4.15. The molecule has 0 saturated heterocycles. The maximum atomic E-state index is 12.3. The van der Waals surface area contributed by atoms with Crippen molar-refractivity contribution in [1.82, 2.24) is 19.8 Å². The molecule has 3 aromatic rings. The van der Waals surface area contributed by atoms with Crippen LogP contribution in [-0.4, -0.2) is 32.7 Å². The minimum absolute atomic E-state index is 0.0514. The van der Waals surface area contributed by atoms with E-state index in [1.165, 1.54) is 0 Å². The summed E-state index contributed by atoms with van der Waals surface area (Å²) in [5, 5.41) is 13.4. The number of ether oxygens (including phenoxy) is 1. The van der Waals surface area contributed by atoms with Crippen LogP contribution in [0.15, 0.2) is 24.3 Å². The Balaban J connectivity index is 2.03. The molecule has 0 N–H and O–H groups in total. The van der Waals surface area contributed by atoms with E-state index in [1.807, 2.05) is 28.8 Å². The number of carbonyl (C=O) groups is 1. The predicted molar refractivity (Wildman–Crippen MR) is 94.0 cm³/mol. The van der Waals surface area contributed by atoms with Crippen molar-refractivity contribution in [2.45, 2.75) is 33.1 Å². The van der Waals surface area contributed by atoms with Crippen LogP contribution in [0.2, 0.25) is 0 Å². The van der Waals surface area contributed by atoms with Crippen molar-refractivity contribution in [3.63, 3.8) is 0 Å². The highest BCUT2D eigenvalue weighted by atomic mass is 16.5. The molecule has 1 aromatic carbocycles. The van der Waals surface area contributed by atoms with E-state index in [0.717, 1.165) is 41.1 Å². The second-order valence-electron chi connectivity index (χ2n) is 6.54. The summed E-state index contributed by atoms with van der Waals surface area (Å²) in [4.78, 5) is 12.3. The van der Waals surface area contributed by atoms with Gasteiger partial charge in [0.1, 0.15) is 5.75 Å². The molecule has 0 spiro atoms. The number of hydrogen-bond donors (Lipinski definition) is 0. The number of ketones is 1. The van der Waals surface area contributed by atoms with E-state index in [2.05, 4.69) is 24.0 Å². The molecule has 6 heteroatoms. The molecule has 2 aromatic heterocycles. The molecular formula is C19H20N4O2. The van der Waals surface area contributed by atoms with E-state index >= 15 is 0 Å². The fourth-order valence-corrected chi connectivity index (χ4v) is 3.58. The van der Waals surface area contributed by atoms with Gasteiger partial charge in [0.25, 0.3) is 0 Å². The number of benzene rings is 1. The van der Waals surface area contributed by atoms with Crippen LogP contribution in [0.1, 0.15) is 42.1 Å². The van der Waals surface area contributed by atoms with Crippen molar-refractivity contribution in [2.24, 2.45) is 5.92 Å². The first kappa shape index (κ1) is 15.7. The first-order valence-corrected chi connectivity index (χ1v) is 8.57. The predicted octanol–water partition coefficient (Wildman–Crippen LogP) is 3.13. The summed E-state index contributed by atoms with van der Waals surface area (Å²) in [5.74, 6) is 1.11. The zero-order valence-electron chi connectivity index (χ0n) is 14.6. The number of methoxy groups -OCH3 is 1. The van der Waals surface area contributed by atoms with Crippen LogP contribution < -0.4 is 4.74 Å². The Morgan fingerprint density at radius 2 is 2.04 bits per heavy atom. The lowest BCUT2D eigenvalue weighted by atomic mass is 9.90. The third-order valence-corrected chi connectivity index (χ3v) is 4.76. The number of Topliss-reactive ketones (excluding diaryl/α,β-unsaturated/α-hetero) is 1. The minimum atomic E-state index is 0.0514. The van der Waals surface area contributed by atoms with Crippen molar-refractivity contribution in [2.75, 3.05) is 7.11 Å². The smallest absolute Gasteiger partial charge is 0.185 e. The van der Waals surface area contributed by atoms with Gasteiger partial charge in [-0.3, -0.25) is 4.79 Å². The van der Waals surface area contributed by atoms with Crippen LogP contribution in [0.5, 0.6) is 5.75 Å². The van der Waals surface area contributed by atoms with Crippen molar-refractivity contribution in [1.29, 1.82) is 0 Å². The molecule has 0 unspecified atom stereocenters. The zero-order valence-corrected chi connectivity index (χ0v) is 14.6. The minimum Gasteiger partial charge on any atom is -0.496 e. The second kappa shape index (κ2) is 5.95. The number of nitrogens with zero attached hydrogens (tertiary/aromatic N) is 4. The third kappa shape index (κ3) is 2.40. The number of aryl methyl sites for hydroxylation is 1. The molecule has 1 aliphatic rings. The van der Waals surface area contributed by atoms with Crippen molar-refractivity contribution < 1.29 is 9.53 Å². The number of hydrogen-bond acceptors (Lipinski definition) is 5. The maximum Gasteiger partial charge on any atom is 0.185 e. The molecule has 0 bridgehead atoms. The third-order valence-electron chi connectivity index (χ3n) is 4.76. The average molecular weight is 336 g/mol. The van der Waals surface area contributed by atoms with E-state index in [1.54, 1.807) is 7.11 Å². The summed E-state index contributed by atoms with van der Waals surface area (Å²) in [5.41, 5.74) is 4.81. The Bertz CT molecular complexity index is 977. The van der Waals surface area contributed by atoms with Crippen LogP contribution in [0, 0.1) is 5.92 Å². The topological polar surface area (TPSA) is 69.4 Å². The second-order valence-corrected chi connectivity index (χ2v) is 6.54. The summed E-state index contributed by atoms with van der Waals surface area (Å²) < 4.78 is 7.34. The van der Waals surface area contributed by atoms with Gasteiger partial charge in [-0.1, -0.05) is 32.0 Å². The summed E-state index contributed by atoms with van der Waals surface area (Å²) >= 11 is 0. The summed E-state index contributed by atoms with van der Waals surface area (Å²) in [7, 11) is 1.66. The standard InChI is InChI=1S/C19H20N4O2/c1-4-13-17(12-7-5-6-8-16(12)25-3)19-21-20-18-14(23(19)22-13)9-11(2)10-15(18)24/h5-8,11H,4,9-10H2,1-3H3/t11-/m1/s1. The highest BCUT2D eigenvalue weighted by Crippen LogP contribution is 2.36. The van der Waals surface area contributed by atoms with Crippen LogP contribution in [0.25, 0.3) is 16.8 Å². The van der Waals surface area contributed by atoms with Gasteiger partial charge in [0.2, 0.25) is 0 Å². The van der Waals surface area contributed by atoms with E-state index in [0.29, 0.717) is 17.8 Å². The van der Waals surface area contributed by atoms with Crippen molar-refractivity contribution in [3.05, 3.63) is 41.3 Å². The SMILES string of the molecule is CCc1nn2c3c(nnc2c1-c1ccccc1OC)C(=O)C[C@H](C)C3. The van der Waals surface area contributed by atoms with Crippen LogP contribution in [0.4, 0.5) is 0 Å². The van der Waals surface area contributed by atoms with Crippen molar-refractivity contribution >= 4 is 11.4 Å². The first-order valence-electron chi connectivity index (χ1n) is 8.57. The lowest BCUT2D eigenvalue weighted by Gasteiger charge is -2.19. The van der Waals surface area contributed by atoms with Gasteiger partial charge in [-0.05, 0) is 24.8 Å². The molecule has 4 rings (SSSR count). The van der Waals surface area contributed by atoms with Gasteiger partial charge in [0, 0.05) is 12.0 Å². The van der Waals surface area contributed by atoms with E-state index < -0.39 is 0 Å². The first-order chi connectivity index (χ1) is 12.1. The lowest BCUT2D eigenvalue weighted by molar-refractivity contribution is 0.0944. The lowest BCUT2D eigenvalue weighted by Crippen LogP contribution is -2.23. The van der Waals surface area contributed by atoms with E-state index in [-0.39, 0.29) is 11.7 Å². The Morgan fingerprint density at radius 1 is 1.24 bits per heavy atom. The van der Waals surface area contributed by atoms with Crippen molar-refractivity contribution in [3.8, 4) is 16.9 Å². The Kier molecular flexibility index (Phi) is 3.75. The molecule has 0 radical (unpaired) electrons. The Morgan fingerprint density at radius 3 is 2.80 bits per heavy atom. The van der Waals surface area contributed by atoms with Gasteiger partial charge in [-0.25, -0.2) is 4.52 Å². The molecule has 0 fully saturated rings. The number of rotatable bonds is 3.